The van der Waals surface area contributed by atoms with E-state index < -0.39 is 18.1 Å². The zero-order valence-electron chi connectivity index (χ0n) is 11.3. The molecule has 0 aliphatic carbocycles. The molecule has 1 aromatic carbocycles. The van der Waals surface area contributed by atoms with Gasteiger partial charge in [-0.1, -0.05) is 36.3 Å². The lowest BCUT2D eigenvalue weighted by Gasteiger charge is -2.21. The van der Waals surface area contributed by atoms with E-state index in [1.165, 1.54) is 0 Å². The Labute approximate surface area is 119 Å². The molecule has 4 heteroatoms. The molecule has 1 fully saturated rings. The van der Waals surface area contributed by atoms with Crippen molar-refractivity contribution in [1.82, 2.24) is 5.32 Å². The number of hydrogen-bond acceptors (Lipinski definition) is 3. The first kappa shape index (κ1) is 14.6. The second kappa shape index (κ2) is 7.09. The molecule has 2 N–H and O–H groups in total. The van der Waals surface area contributed by atoms with E-state index in [9.17, 15) is 9.90 Å². The van der Waals surface area contributed by atoms with Crippen LogP contribution in [0.25, 0.3) is 0 Å². The summed E-state index contributed by atoms with van der Waals surface area (Å²) in [4.78, 5) is 12.0. The van der Waals surface area contributed by atoms with Gasteiger partial charge in [-0.15, -0.1) is 6.42 Å². The molecule has 20 heavy (non-hydrogen) atoms. The molecule has 1 aliphatic rings. The van der Waals surface area contributed by atoms with Crippen LogP contribution in [0.5, 0.6) is 0 Å². The largest absolute Gasteiger partial charge is 0.383 e. The fourth-order valence-corrected chi connectivity index (χ4v) is 2.29. The van der Waals surface area contributed by atoms with Crippen LogP contribution in [-0.2, 0) is 16.0 Å². The number of amides is 1. The van der Waals surface area contributed by atoms with Gasteiger partial charge in [0.1, 0.15) is 12.1 Å². The van der Waals surface area contributed by atoms with E-state index in [1.807, 2.05) is 30.3 Å². The molecule has 0 aromatic heterocycles. The first-order valence-electron chi connectivity index (χ1n) is 6.81. The molecule has 4 nitrogen and oxygen atoms in total. The molecule has 1 amide bonds. The van der Waals surface area contributed by atoms with Gasteiger partial charge >= 0.3 is 0 Å². The van der Waals surface area contributed by atoms with E-state index in [2.05, 4.69) is 11.2 Å². The number of rotatable bonds is 5. The number of terminal acetylenes is 1. The minimum Gasteiger partial charge on any atom is -0.383 e. The second-order valence-electron chi connectivity index (χ2n) is 4.91. The maximum atomic E-state index is 12.0. The van der Waals surface area contributed by atoms with E-state index in [-0.39, 0.29) is 12.5 Å². The van der Waals surface area contributed by atoms with Gasteiger partial charge in [0, 0.05) is 13.0 Å². The third-order valence-corrected chi connectivity index (χ3v) is 3.39. The van der Waals surface area contributed by atoms with Crippen LogP contribution in [0.3, 0.4) is 0 Å². The van der Waals surface area contributed by atoms with Crippen LogP contribution >= 0.6 is 0 Å². The predicted octanol–water partition coefficient (Wildman–Crippen LogP) is 0.887. The van der Waals surface area contributed by atoms with Crippen molar-refractivity contribution < 1.29 is 14.6 Å². The van der Waals surface area contributed by atoms with Gasteiger partial charge in [-0.05, 0) is 18.4 Å². The van der Waals surface area contributed by atoms with Crippen LogP contribution in [0.4, 0.5) is 0 Å². The van der Waals surface area contributed by atoms with Crippen molar-refractivity contribution in [3.8, 4) is 12.3 Å². The first-order valence-corrected chi connectivity index (χ1v) is 6.81. The van der Waals surface area contributed by atoms with E-state index >= 15 is 0 Å². The predicted molar refractivity (Wildman–Crippen MR) is 75.9 cm³/mol. The van der Waals surface area contributed by atoms with Crippen LogP contribution < -0.4 is 5.32 Å². The van der Waals surface area contributed by atoms with E-state index in [4.69, 9.17) is 11.2 Å². The summed E-state index contributed by atoms with van der Waals surface area (Å²) in [6, 6.07) is 8.90. The molecule has 2 rings (SSSR count). The fraction of sp³-hybridized carbons (Fsp3) is 0.438. The summed E-state index contributed by atoms with van der Waals surface area (Å²) >= 11 is 0. The molecule has 1 aliphatic heterocycles. The number of carbonyl (C=O) groups is 1. The smallest absolute Gasteiger partial charge is 0.250 e. The molecule has 0 bridgehead atoms. The maximum Gasteiger partial charge on any atom is 0.250 e. The van der Waals surface area contributed by atoms with Crippen molar-refractivity contribution in [2.45, 2.75) is 37.5 Å². The monoisotopic (exact) mass is 273 g/mol. The van der Waals surface area contributed by atoms with Gasteiger partial charge in [-0.2, -0.15) is 0 Å². The Morgan fingerprint density at radius 1 is 1.50 bits per heavy atom. The lowest BCUT2D eigenvalue weighted by molar-refractivity contribution is -0.130. The molecule has 0 saturated carbocycles. The lowest BCUT2D eigenvalue weighted by atomic mass is 10.1. The van der Waals surface area contributed by atoms with Crippen LogP contribution in [0.1, 0.15) is 18.4 Å². The molecular formula is C16H19NO3. The normalized spacial score (nSPS) is 20.9. The van der Waals surface area contributed by atoms with Gasteiger partial charge in [0.15, 0.2) is 0 Å². The Bertz CT molecular complexity index is 474. The Hall–Kier alpha value is -1.83. The molecule has 1 aromatic rings. The van der Waals surface area contributed by atoms with Gasteiger partial charge in [0.05, 0.1) is 6.10 Å². The van der Waals surface area contributed by atoms with Gasteiger partial charge in [-0.3, -0.25) is 4.79 Å². The highest BCUT2D eigenvalue weighted by Gasteiger charge is 2.27. The number of aliphatic hydroxyl groups is 1. The Kier molecular flexibility index (Phi) is 5.16. The maximum absolute atomic E-state index is 12.0. The average Bonchev–Trinajstić information content (AvgIpc) is 2.99. The van der Waals surface area contributed by atoms with Crippen molar-refractivity contribution in [3.63, 3.8) is 0 Å². The second-order valence-corrected chi connectivity index (χ2v) is 4.91. The Morgan fingerprint density at radius 3 is 2.85 bits per heavy atom. The number of hydrogen-bond donors (Lipinski definition) is 2. The van der Waals surface area contributed by atoms with Crippen LogP contribution in [-0.4, -0.2) is 35.9 Å². The summed E-state index contributed by atoms with van der Waals surface area (Å²) in [6.07, 6.45) is 6.24. The standard InChI is InChI=1S/C16H19NO3/c1-2-13(15-9-6-10-20-15)17-16(19)14(18)11-12-7-4-3-5-8-12/h1,3-5,7-8,13-15,18H,6,9-11H2,(H,17,19)/t13-,14+,15-/m1/s1. The van der Waals surface area contributed by atoms with E-state index in [1.54, 1.807) is 0 Å². The summed E-state index contributed by atoms with van der Waals surface area (Å²) in [5, 5.41) is 12.6. The summed E-state index contributed by atoms with van der Waals surface area (Å²) in [7, 11) is 0. The highest BCUT2D eigenvalue weighted by Crippen LogP contribution is 2.15. The zero-order valence-corrected chi connectivity index (χ0v) is 11.3. The summed E-state index contributed by atoms with van der Waals surface area (Å²) in [5.74, 6) is 2.07. The van der Waals surface area contributed by atoms with Crippen molar-refractivity contribution >= 4 is 5.91 Å². The van der Waals surface area contributed by atoms with Gasteiger partial charge < -0.3 is 15.2 Å². The summed E-state index contributed by atoms with van der Waals surface area (Å²) < 4.78 is 5.47. The fourth-order valence-electron chi connectivity index (χ4n) is 2.29. The summed E-state index contributed by atoms with van der Waals surface area (Å²) in [6.45, 7) is 0.672. The van der Waals surface area contributed by atoms with E-state index in [0.717, 1.165) is 18.4 Å². The Morgan fingerprint density at radius 2 is 2.25 bits per heavy atom. The summed E-state index contributed by atoms with van der Waals surface area (Å²) in [5.41, 5.74) is 0.907. The van der Waals surface area contributed by atoms with Gasteiger partial charge in [0.2, 0.25) is 5.91 Å². The SMILES string of the molecule is C#C[C@@H](NC(=O)[C@@H](O)Cc1ccccc1)[C@H]1CCCO1. The van der Waals surface area contributed by atoms with Crippen molar-refractivity contribution in [2.75, 3.05) is 6.61 Å². The van der Waals surface area contributed by atoms with Crippen molar-refractivity contribution in [1.29, 1.82) is 0 Å². The average molecular weight is 273 g/mol. The third-order valence-electron chi connectivity index (χ3n) is 3.39. The first-order chi connectivity index (χ1) is 9.70. The minimum atomic E-state index is -1.10. The number of benzene rings is 1. The van der Waals surface area contributed by atoms with Crippen LogP contribution in [0, 0.1) is 12.3 Å². The van der Waals surface area contributed by atoms with Crippen molar-refractivity contribution in [3.05, 3.63) is 35.9 Å². The molecule has 1 saturated heterocycles. The third kappa shape index (κ3) is 3.83. The van der Waals surface area contributed by atoms with Gasteiger partial charge in [0.25, 0.3) is 0 Å². The molecule has 3 atom stereocenters. The molecule has 0 radical (unpaired) electrons. The number of carbonyl (C=O) groups excluding carboxylic acids is 1. The quantitative estimate of drug-likeness (QED) is 0.783. The Balaban J connectivity index is 1.88. The number of nitrogens with one attached hydrogen (secondary N) is 1. The number of aliphatic hydroxyl groups excluding tert-OH is 1. The highest BCUT2D eigenvalue weighted by molar-refractivity contribution is 5.81. The molecular weight excluding hydrogens is 254 g/mol. The van der Waals surface area contributed by atoms with Crippen LogP contribution in [0.15, 0.2) is 30.3 Å². The van der Waals surface area contributed by atoms with Gasteiger partial charge in [-0.25, -0.2) is 0 Å². The topological polar surface area (TPSA) is 58.6 Å². The molecule has 1 heterocycles. The molecule has 106 valence electrons. The molecule has 0 unspecified atom stereocenters. The lowest BCUT2D eigenvalue weighted by Crippen LogP contribution is -2.46. The van der Waals surface area contributed by atoms with Crippen LogP contribution in [0.2, 0.25) is 0 Å². The van der Waals surface area contributed by atoms with E-state index in [0.29, 0.717) is 6.61 Å². The minimum absolute atomic E-state index is 0.145. The zero-order chi connectivity index (χ0) is 14.4. The number of ether oxygens (including phenoxy) is 1. The molecule has 0 spiro atoms. The van der Waals surface area contributed by atoms with Crippen molar-refractivity contribution in [2.24, 2.45) is 0 Å². The highest BCUT2D eigenvalue weighted by atomic mass is 16.5.